The molecule has 0 rings (SSSR count). The third kappa shape index (κ3) is 4.92. The van der Waals surface area contributed by atoms with Gasteiger partial charge in [-0.3, -0.25) is 4.79 Å². The Morgan fingerprint density at radius 2 is 2.50 bits per heavy atom. The SMILES string of the molecule is CC(=O)OCC=C=O. The second-order valence-corrected chi connectivity index (χ2v) is 1.12. The molecule has 0 saturated carbocycles. The first-order valence-corrected chi connectivity index (χ1v) is 2.10. The van der Waals surface area contributed by atoms with Crippen molar-refractivity contribution in [3.8, 4) is 0 Å². The van der Waals surface area contributed by atoms with E-state index in [9.17, 15) is 9.59 Å². The molecule has 0 atom stereocenters. The van der Waals surface area contributed by atoms with E-state index in [4.69, 9.17) is 0 Å². The maximum absolute atomic E-state index is 9.95. The molecule has 0 aliphatic heterocycles. The molecule has 0 aromatic heterocycles. The second-order valence-electron chi connectivity index (χ2n) is 1.12. The average molecular weight is 114 g/mol. The molecule has 3 heteroatoms. The van der Waals surface area contributed by atoms with Gasteiger partial charge in [0.2, 0.25) is 0 Å². The minimum Gasteiger partial charge on any atom is -0.461 e. The minimum atomic E-state index is -0.392. The molecule has 0 aliphatic carbocycles. The van der Waals surface area contributed by atoms with Crippen molar-refractivity contribution in [3.05, 3.63) is 6.08 Å². The fourth-order valence-electron chi connectivity index (χ4n) is 0.193. The highest BCUT2D eigenvalue weighted by Gasteiger charge is 1.84. The predicted molar refractivity (Wildman–Crippen MR) is 26.9 cm³/mol. The highest BCUT2D eigenvalue weighted by atomic mass is 16.5. The first-order chi connectivity index (χ1) is 3.77. The number of carbonyl (C=O) groups excluding carboxylic acids is 2. The molecule has 0 aliphatic rings. The third-order valence-corrected chi connectivity index (χ3v) is 0.453. The summed E-state index contributed by atoms with van der Waals surface area (Å²) in [5, 5.41) is 0. The summed E-state index contributed by atoms with van der Waals surface area (Å²) in [6.45, 7) is 1.30. The van der Waals surface area contributed by atoms with Crippen molar-refractivity contribution in [2.45, 2.75) is 6.92 Å². The normalized spacial score (nSPS) is 7.12. The number of esters is 1. The molecule has 8 heavy (non-hydrogen) atoms. The van der Waals surface area contributed by atoms with E-state index in [1.807, 2.05) is 0 Å². The largest absolute Gasteiger partial charge is 0.461 e. The molecular weight excluding hydrogens is 108 g/mol. The Balaban J connectivity index is 3.18. The van der Waals surface area contributed by atoms with Crippen molar-refractivity contribution in [1.29, 1.82) is 0 Å². The molecule has 0 bridgehead atoms. The van der Waals surface area contributed by atoms with Crippen LogP contribution in [0.3, 0.4) is 0 Å². The lowest BCUT2D eigenvalue weighted by Gasteiger charge is -1.90. The molecule has 0 aromatic carbocycles. The molecule has 3 nitrogen and oxygen atoms in total. The van der Waals surface area contributed by atoms with Crippen molar-refractivity contribution in [1.82, 2.24) is 0 Å². The van der Waals surface area contributed by atoms with Gasteiger partial charge in [0.25, 0.3) is 0 Å². The zero-order valence-corrected chi connectivity index (χ0v) is 4.51. The van der Waals surface area contributed by atoms with Gasteiger partial charge in [0.05, 0.1) is 0 Å². The molecule has 0 amide bonds. The van der Waals surface area contributed by atoms with E-state index in [2.05, 4.69) is 4.74 Å². The summed E-state index contributed by atoms with van der Waals surface area (Å²) in [5.74, 6) is 1.08. The minimum absolute atomic E-state index is 0.0266. The van der Waals surface area contributed by atoms with E-state index >= 15 is 0 Å². The Bertz CT molecular complexity index is 120. The number of hydrogen-bond donors (Lipinski definition) is 0. The van der Waals surface area contributed by atoms with E-state index in [1.165, 1.54) is 12.9 Å². The lowest BCUT2D eigenvalue weighted by Crippen LogP contribution is -1.97. The summed E-state index contributed by atoms with van der Waals surface area (Å²) in [6.07, 6.45) is 1.10. The Morgan fingerprint density at radius 3 is 2.88 bits per heavy atom. The summed E-state index contributed by atoms with van der Waals surface area (Å²) in [7, 11) is 0. The Morgan fingerprint density at radius 1 is 1.88 bits per heavy atom. The van der Waals surface area contributed by atoms with Crippen LogP contribution in [0, 0.1) is 0 Å². The van der Waals surface area contributed by atoms with Gasteiger partial charge in [-0.2, -0.15) is 0 Å². The van der Waals surface area contributed by atoms with Crippen molar-refractivity contribution < 1.29 is 14.3 Å². The van der Waals surface area contributed by atoms with Crippen LogP contribution in [0.5, 0.6) is 0 Å². The lowest BCUT2D eigenvalue weighted by molar-refractivity contribution is -0.139. The number of carbonyl (C=O) groups is 1. The Kier molecular flexibility index (Phi) is 3.54. The molecule has 0 aromatic rings. The van der Waals surface area contributed by atoms with Crippen LogP contribution in [-0.2, 0) is 14.3 Å². The van der Waals surface area contributed by atoms with Crippen LogP contribution in [-0.4, -0.2) is 18.5 Å². The van der Waals surface area contributed by atoms with Gasteiger partial charge in [0.1, 0.15) is 12.5 Å². The quantitative estimate of drug-likeness (QED) is 0.373. The van der Waals surface area contributed by atoms with Gasteiger partial charge in [-0.25, -0.2) is 4.79 Å². The van der Waals surface area contributed by atoms with Gasteiger partial charge >= 0.3 is 5.97 Å². The van der Waals surface area contributed by atoms with Crippen LogP contribution in [0.1, 0.15) is 6.92 Å². The number of ether oxygens (including phenoxy) is 1. The zero-order valence-electron chi connectivity index (χ0n) is 4.51. The topological polar surface area (TPSA) is 43.4 Å². The second kappa shape index (κ2) is 4.09. The van der Waals surface area contributed by atoms with Crippen LogP contribution in [0.25, 0.3) is 0 Å². The fraction of sp³-hybridized carbons (Fsp3) is 0.400. The molecule has 0 unspecified atom stereocenters. The van der Waals surface area contributed by atoms with Crippen LogP contribution in [0.2, 0.25) is 0 Å². The monoisotopic (exact) mass is 114 g/mol. The van der Waals surface area contributed by atoms with E-state index < -0.39 is 5.97 Å². The Hall–Kier alpha value is -1.08. The molecule has 0 saturated heterocycles. The molecule has 0 heterocycles. The molecule has 0 spiro atoms. The third-order valence-electron chi connectivity index (χ3n) is 0.453. The van der Waals surface area contributed by atoms with Crippen molar-refractivity contribution in [3.63, 3.8) is 0 Å². The molecule has 0 fully saturated rings. The summed E-state index contributed by atoms with van der Waals surface area (Å²) in [4.78, 5) is 19.4. The maximum Gasteiger partial charge on any atom is 0.302 e. The standard InChI is InChI=1S/C5H6O3/c1-5(7)8-4-2-3-6/h2H,4H2,1H3. The molecule has 0 radical (unpaired) electrons. The van der Waals surface area contributed by atoms with E-state index in [-0.39, 0.29) is 6.61 Å². The van der Waals surface area contributed by atoms with E-state index in [0.717, 1.165) is 6.08 Å². The summed E-state index contributed by atoms with van der Waals surface area (Å²) < 4.78 is 4.33. The van der Waals surface area contributed by atoms with Crippen LogP contribution >= 0.6 is 0 Å². The van der Waals surface area contributed by atoms with Gasteiger partial charge in [-0.15, -0.1) is 0 Å². The zero-order chi connectivity index (χ0) is 6.41. The van der Waals surface area contributed by atoms with Crippen LogP contribution < -0.4 is 0 Å². The summed E-state index contributed by atoms with van der Waals surface area (Å²) in [5.41, 5.74) is 0. The first-order valence-electron chi connectivity index (χ1n) is 2.10. The molecule has 44 valence electrons. The smallest absolute Gasteiger partial charge is 0.302 e. The van der Waals surface area contributed by atoms with Gasteiger partial charge in [-0.05, 0) is 0 Å². The highest BCUT2D eigenvalue weighted by Crippen LogP contribution is 1.72. The van der Waals surface area contributed by atoms with E-state index in [0.29, 0.717) is 0 Å². The highest BCUT2D eigenvalue weighted by molar-refractivity contribution is 5.66. The van der Waals surface area contributed by atoms with Gasteiger partial charge < -0.3 is 4.74 Å². The van der Waals surface area contributed by atoms with Crippen LogP contribution in [0.4, 0.5) is 0 Å². The first kappa shape index (κ1) is 6.92. The number of hydrogen-bond acceptors (Lipinski definition) is 3. The Labute approximate surface area is 46.9 Å². The van der Waals surface area contributed by atoms with Gasteiger partial charge in [0.15, 0.2) is 0 Å². The maximum atomic E-state index is 9.95. The fourth-order valence-corrected chi connectivity index (χ4v) is 0.193. The van der Waals surface area contributed by atoms with Crippen LogP contribution in [0.15, 0.2) is 6.08 Å². The predicted octanol–water partition coefficient (Wildman–Crippen LogP) is -0.0627. The summed E-state index contributed by atoms with van der Waals surface area (Å²) in [6, 6.07) is 0. The van der Waals surface area contributed by atoms with Crippen molar-refractivity contribution in [2.24, 2.45) is 0 Å². The van der Waals surface area contributed by atoms with Crippen molar-refractivity contribution in [2.75, 3.05) is 6.61 Å². The van der Waals surface area contributed by atoms with Gasteiger partial charge in [-0.1, -0.05) is 0 Å². The summed E-state index contributed by atoms with van der Waals surface area (Å²) >= 11 is 0. The molecule has 0 N–H and O–H groups in total. The number of rotatable bonds is 2. The average Bonchev–Trinajstić information content (AvgIpc) is 1.66. The molecular formula is C5H6O3. The van der Waals surface area contributed by atoms with E-state index in [1.54, 1.807) is 0 Å². The van der Waals surface area contributed by atoms with Gasteiger partial charge in [0, 0.05) is 13.0 Å². The lowest BCUT2D eigenvalue weighted by atomic mass is 10.7. The van der Waals surface area contributed by atoms with Crippen molar-refractivity contribution >= 4 is 11.9 Å².